The summed E-state index contributed by atoms with van der Waals surface area (Å²) in [5.74, 6) is 0.991. The van der Waals surface area contributed by atoms with Crippen LogP contribution >= 0.6 is 0 Å². The SMILES string of the molecule is Cc1ccc2c(c1)OCCCC2NCC(C)O. The lowest BCUT2D eigenvalue weighted by Crippen LogP contribution is -2.28. The van der Waals surface area contributed by atoms with E-state index < -0.39 is 0 Å². The van der Waals surface area contributed by atoms with E-state index in [1.807, 2.05) is 0 Å². The Hall–Kier alpha value is -1.06. The molecule has 1 heterocycles. The smallest absolute Gasteiger partial charge is 0.124 e. The van der Waals surface area contributed by atoms with Gasteiger partial charge in [-0.1, -0.05) is 12.1 Å². The third-order valence-electron chi connectivity index (χ3n) is 3.10. The highest BCUT2D eigenvalue weighted by Gasteiger charge is 2.19. The molecule has 0 fully saturated rings. The Morgan fingerprint density at radius 2 is 2.35 bits per heavy atom. The normalized spacial score (nSPS) is 21.2. The number of hydrogen-bond donors (Lipinski definition) is 2. The van der Waals surface area contributed by atoms with Crippen LogP contribution in [-0.2, 0) is 0 Å². The number of aliphatic hydroxyl groups excluding tert-OH is 1. The zero-order chi connectivity index (χ0) is 12.3. The molecule has 0 saturated carbocycles. The maximum atomic E-state index is 9.35. The van der Waals surface area contributed by atoms with Crippen LogP contribution in [0.2, 0.25) is 0 Å². The largest absolute Gasteiger partial charge is 0.493 e. The fourth-order valence-electron chi connectivity index (χ4n) is 2.20. The Balaban J connectivity index is 2.18. The number of aliphatic hydroxyl groups is 1. The van der Waals surface area contributed by atoms with Crippen molar-refractivity contribution in [3.05, 3.63) is 29.3 Å². The molecule has 0 amide bonds. The van der Waals surface area contributed by atoms with Crippen LogP contribution < -0.4 is 10.1 Å². The molecule has 3 nitrogen and oxygen atoms in total. The van der Waals surface area contributed by atoms with Gasteiger partial charge in [0, 0.05) is 18.2 Å². The summed E-state index contributed by atoms with van der Waals surface area (Å²) in [5.41, 5.74) is 2.44. The summed E-state index contributed by atoms with van der Waals surface area (Å²) in [6.07, 6.45) is 1.79. The van der Waals surface area contributed by atoms with E-state index in [0.29, 0.717) is 12.6 Å². The highest BCUT2D eigenvalue weighted by atomic mass is 16.5. The first-order chi connectivity index (χ1) is 8.16. The molecule has 1 aliphatic rings. The number of nitrogens with one attached hydrogen (secondary N) is 1. The average molecular weight is 235 g/mol. The van der Waals surface area contributed by atoms with Crippen molar-refractivity contribution in [2.45, 2.75) is 38.8 Å². The molecule has 94 valence electrons. The fourth-order valence-corrected chi connectivity index (χ4v) is 2.20. The first-order valence-electron chi connectivity index (χ1n) is 6.31. The maximum absolute atomic E-state index is 9.35. The second-order valence-corrected chi connectivity index (χ2v) is 4.84. The third kappa shape index (κ3) is 3.20. The highest BCUT2D eigenvalue weighted by molar-refractivity contribution is 5.39. The van der Waals surface area contributed by atoms with Crippen molar-refractivity contribution >= 4 is 0 Å². The van der Waals surface area contributed by atoms with Gasteiger partial charge in [0.05, 0.1) is 12.7 Å². The molecule has 0 aromatic heterocycles. The number of ether oxygens (including phenoxy) is 1. The summed E-state index contributed by atoms with van der Waals surface area (Å²) in [4.78, 5) is 0. The second kappa shape index (κ2) is 5.52. The topological polar surface area (TPSA) is 41.5 Å². The standard InChI is InChI=1S/C14H21NO2/c1-10-5-6-12-13(15-9-11(2)16)4-3-7-17-14(12)8-10/h5-6,8,11,13,15-16H,3-4,7,9H2,1-2H3. The zero-order valence-corrected chi connectivity index (χ0v) is 10.6. The van der Waals surface area contributed by atoms with Crippen molar-refractivity contribution < 1.29 is 9.84 Å². The second-order valence-electron chi connectivity index (χ2n) is 4.84. The minimum Gasteiger partial charge on any atom is -0.493 e. The van der Waals surface area contributed by atoms with E-state index >= 15 is 0 Å². The van der Waals surface area contributed by atoms with Gasteiger partial charge in [-0.2, -0.15) is 0 Å². The van der Waals surface area contributed by atoms with Gasteiger partial charge in [-0.05, 0) is 38.3 Å². The van der Waals surface area contributed by atoms with Gasteiger partial charge in [0.25, 0.3) is 0 Å². The summed E-state index contributed by atoms with van der Waals surface area (Å²) < 4.78 is 5.76. The summed E-state index contributed by atoms with van der Waals surface area (Å²) >= 11 is 0. The Labute approximate surface area is 103 Å². The lowest BCUT2D eigenvalue weighted by Gasteiger charge is -2.19. The van der Waals surface area contributed by atoms with Crippen LogP contribution in [0.4, 0.5) is 0 Å². The van der Waals surface area contributed by atoms with Gasteiger partial charge in [0.1, 0.15) is 5.75 Å². The zero-order valence-electron chi connectivity index (χ0n) is 10.6. The van der Waals surface area contributed by atoms with Gasteiger partial charge in [0.2, 0.25) is 0 Å². The van der Waals surface area contributed by atoms with Crippen molar-refractivity contribution in [2.24, 2.45) is 0 Å². The monoisotopic (exact) mass is 235 g/mol. The first kappa shape index (κ1) is 12.4. The van der Waals surface area contributed by atoms with Crippen LogP contribution in [0.5, 0.6) is 5.75 Å². The summed E-state index contributed by atoms with van der Waals surface area (Å²) in [6.45, 7) is 5.28. The van der Waals surface area contributed by atoms with Gasteiger partial charge >= 0.3 is 0 Å². The molecule has 2 rings (SSSR count). The maximum Gasteiger partial charge on any atom is 0.124 e. The van der Waals surface area contributed by atoms with Gasteiger partial charge in [-0.3, -0.25) is 0 Å². The van der Waals surface area contributed by atoms with Gasteiger partial charge in [-0.15, -0.1) is 0 Å². The van der Waals surface area contributed by atoms with Crippen molar-refractivity contribution in [1.82, 2.24) is 5.32 Å². The summed E-state index contributed by atoms with van der Waals surface area (Å²) in [7, 11) is 0. The molecule has 2 N–H and O–H groups in total. The number of fused-ring (bicyclic) bond motifs is 1. The Bertz CT molecular complexity index is 376. The lowest BCUT2D eigenvalue weighted by atomic mass is 10.0. The van der Waals surface area contributed by atoms with E-state index in [4.69, 9.17) is 4.74 Å². The first-order valence-corrected chi connectivity index (χ1v) is 6.31. The van der Waals surface area contributed by atoms with Gasteiger partial charge in [0.15, 0.2) is 0 Å². The number of benzene rings is 1. The van der Waals surface area contributed by atoms with E-state index in [1.54, 1.807) is 6.92 Å². The van der Waals surface area contributed by atoms with E-state index in [0.717, 1.165) is 25.2 Å². The number of rotatable bonds is 3. The van der Waals surface area contributed by atoms with Crippen LogP contribution in [0.25, 0.3) is 0 Å². The Kier molecular flexibility index (Phi) is 4.02. The van der Waals surface area contributed by atoms with E-state index in [1.165, 1.54) is 11.1 Å². The van der Waals surface area contributed by atoms with Crippen LogP contribution in [0.15, 0.2) is 18.2 Å². The summed E-state index contributed by atoms with van der Waals surface area (Å²) in [5, 5.41) is 12.8. The molecule has 3 heteroatoms. The van der Waals surface area contributed by atoms with Gasteiger partial charge in [-0.25, -0.2) is 0 Å². The molecule has 1 aliphatic heterocycles. The molecular formula is C14H21NO2. The predicted molar refractivity (Wildman–Crippen MR) is 68.3 cm³/mol. The minimum absolute atomic E-state index is 0.294. The van der Waals surface area contributed by atoms with E-state index in [9.17, 15) is 5.11 Å². The van der Waals surface area contributed by atoms with Crippen molar-refractivity contribution in [3.8, 4) is 5.75 Å². The fraction of sp³-hybridized carbons (Fsp3) is 0.571. The molecular weight excluding hydrogens is 214 g/mol. The summed E-state index contributed by atoms with van der Waals surface area (Å²) in [6, 6.07) is 6.64. The number of hydrogen-bond acceptors (Lipinski definition) is 3. The third-order valence-corrected chi connectivity index (χ3v) is 3.10. The van der Waals surface area contributed by atoms with Crippen LogP contribution in [0.3, 0.4) is 0 Å². The lowest BCUT2D eigenvalue weighted by molar-refractivity contribution is 0.185. The molecule has 0 aliphatic carbocycles. The minimum atomic E-state index is -0.312. The molecule has 0 saturated heterocycles. The molecule has 1 aromatic rings. The van der Waals surface area contributed by atoms with E-state index in [2.05, 4.69) is 30.4 Å². The molecule has 0 radical (unpaired) electrons. The quantitative estimate of drug-likeness (QED) is 0.843. The van der Waals surface area contributed by atoms with E-state index in [-0.39, 0.29) is 6.10 Å². The van der Waals surface area contributed by atoms with Crippen LogP contribution in [0.1, 0.15) is 36.9 Å². The number of aryl methyl sites for hydroxylation is 1. The Morgan fingerprint density at radius 1 is 1.53 bits per heavy atom. The van der Waals surface area contributed by atoms with Gasteiger partial charge < -0.3 is 15.2 Å². The highest BCUT2D eigenvalue weighted by Crippen LogP contribution is 2.32. The molecule has 2 atom stereocenters. The molecule has 0 bridgehead atoms. The molecule has 2 unspecified atom stereocenters. The molecule has 0 spiro atoms. The van der Waals surface area contributed by atoms with Crippen molar-refractivity contribution in [1.29, 1.82) is 0 Å². The predicted octanol–water partition coefficient (Wildman–Crippen LogP) is 2.18. The van der Waals surface area contributed by atoms with Crippen molar-refractivity contribution in [3.63, 3.8) is 0 Å². The van der Waals surface area contributed by atoms with Crippen molar-refractivity contribution in [2.75, 3.05) is 13.2 Å². The average Bonchev–Trinajstić information content (AvgIpc) is 2.48. The van der Waals surface area contributed by atoms with Crippen LogP contribution in [-0.4, -0.2) is 24.4 Å². The van der Waals surface area contributed by atoms with Crippen LogP contribution in [0, 0.1) is 6.92 Å². The Morgan fingerprint density at radius 3 is 3.12 bits per heavy atom. The molecule has 17 heavy (non-hydrogen) atoms. The molecule has 1 aromatic carbocycles.